The van der Waals surface area contributed by atoms with Gasteiger partial charge in [-0.15, -0.1) is 0 Å². The molecule has 0 bridgehead atoms. The van der Waals surface area contributed by atoms with Crippen LogP contribution in [0.3, 0.4) is 0 Å². The highest BCUT2D eigenvalue weighted by atomic mass is 127. The second kappa shape index (κ2) is 10.2. The Hall–Kier alpha value is -2.02. The lowest BCUT2D eigenvalue weighted by molar-refractivity contribution is -0.467. The molecule has 0 aromatic heterocycles. The summed E-state index contributed by atoms with van der Waals surface area (Å²) in [5, 5.41) is 2.93. The van der Waals surface area contributed by atoms with Gasteiger partial charge in [0.2, 0.25) is 0 Å². The molecule has 4 nitrogen and oxygen atoms in total. The Balaban J connectivity index is 1.82. The van der Waals surface area contributed by atoms with Crippen molar-refractivity contribution in [1.82, 2.24) is 10.2 Å². The summed E-state index contributed by atoms with van der Waals surface area (Å²) in [6, 6.07) is 10.0. The lowest BCUT2D eigenvalue weighted by atomic mass is 9.91. The molecule has 1 aliphatic heterocycles. The van der Waals surface area contributed by atoms with Crippen molar-refractivity contribution in [2.45, 2.75) is 48.2 Å². The van der Waals surface area contributed by atoms with Gasteiger partial charge in [0.05, 0.1) is 30.9 Å². The fourth-order valence-corrected chi connectivity index (χ4v) is 4.08. The highest BCUT2D eigenvalue weighted by Crippen LogP contribution is 2.37. The minimum atomic E-state index is -4.94. The smallest absolute Gasteiger partial charge is 0.416 e. The van der Waals surface area contributed by atoms with Gasteiger partial charge in [0.25, 0.3) is 0 Å². The molecule has 1 fully saturated rings. The number of ether oxygens (including phenoxy) is 1. The summed E-state index contributed by atoms with van der Waals surface area (Å²) in [7, 11) is 0. The molecule has 3 rings (SSSR count). The van der Waals surface area contributed by atoms with Gasteiger partial charge in [-0.3, -0.25) is 0 Å². The van der Waals surface area contributed by atoms with Crippen molar-refractivity contribution in [2.75, 3.05) is 19.7 Å². The van der Waals surface area contributed by atoms with Crippen LogP contribution in [-0.2, 0) is 29.2 Å². The number of urea groups is 1. The van der Waals surface area contributed by atoms with Crippen molar-refractivity contribution in [1.29, 1.82) is 0 Å². The molecule has 2 aromatic rings. The SMILES string of the molecule is CC(C)([I-])CCN1CC(COCc2cc(C(F)(F)F)cc(C(F)(F)F)c2)(c2ccccc2)NC1=O. The Bertz CT molecular complexity index is 1000. The van der Waals surface area contributed by atoms with E-state index in [4.69, 9.17) is 4.74 Å². The minimum absolute atomic E-state index is 0.0355. The maximum atomic E-state index is 13.2. The molecule has 0 spiro atoms. The second-order valence-electron chi connectivity index (χ2n) is 9.18. The third-order valence-corrected chi connectivity index (χ3v) is 6.20. The van der Waals surface area contributed by atoms with Crippen molar-refractivity contribution in [3.63, 3.8) is 0 Å². The molecule has 2 amide bonds. The van der Waals surface area contributed by atoms with Crippen LogP contribution in [0.5, 0.6) is 0 Å². The van der Waals surface area contributed by atoms with E-state index in [2.05, 4.69) is 27.9 Å². The van der Waals surface area contributed by atoms with Crippen molar-refractivity contribution in [2.24, 2.45) is 0 Å². The van der Waals surface area contributed by atoms with Gasteiger partial charge in [-0.25, -0.2) is 4.79 Å². The number of nitrogens with one attached hydrogen (secondary N) is 1. The van der Waals surface area contributed by atoms with Gasteiger partial charge >= 0.3 is 18.4 Å². The summed E-state index contributed by atoms with van der Waals surface area (Å²) in [6.07, 6.45) is -9.14. The van der Waals surface area contributed by atoms with E-state index in [1.165, 1.54) is 0 Å². The molecule has 2 aromatic carbocycles. The van der Waals surface area contributed by atoms with Crippen LogP contribution < -0.4 is 27.9 Å². The van der Waals surface area contributed by atoms with Gasteiger partial charge in [-0.2, -0.15) is 29.8 Å². The molecule has 1 aliphatic rings. The maximum Gasteiger partial charge on any atom is 0.416 e. The fourth-order valence-electron chi connectivity index (χ4n) is 3.83. The van der Waals surface area contributed by atoms with Crippen molar-refractivity contribution < 1.29 is 58.5 Å². The number of rotatable bonds is 8. The van der Waals surface area contributed by atoms with Crippen LogP contribution in [0.4, 0.5) is 31.1 Å². The molecule has 1 N–H and O–H groups in total. The number of hydrogen-bond acceptors (Lipinski definition) is 2. The number of benzene rings is 2. The molecule has 0 saturated carbocycles. The molecule has 193 valence electrons. The molecule has 1 heterocycles. The first-order valence-corrected chi connectivity index (χ1v) is 11.8. The number of nitrogens with zero attached hydrogens (tertiary/aromatic N) is 1. The maximum absolute atomic E-state index is 13.2. The standard InChI is InChI=1S/C24H25F6IN2O2/c1-21(2,31)8-9-33-14-22(32-20(33)34,17-6-4-3-5-7-17)15-35-13-16-10-18(23(25,26)27)12-19(11-16)24(28,29)30/h3-7,10-12H,8-9,13-15H2,1-2H3,(H,32,34)/q-1. The highest BCUT2D eigenvalue weighted by molar-refractivity contribution is 5.78. The highest BCUT2D eigenvalue weighted by Gasteiger charge is 2.44. The van der Waals surface area contributed by atoms with Crippen molar-refractivity contribution in [3.05, 3.63) is 70.8 Å². The molecule has 35 heavy (non-hydrogen) atoms. The second-order valence-corrected chi connectivity index (χ2v) is 12.1. The summed E-state index contributed by atoms with van der Waals surface area (Å²) in [5.74, 6) is 0. The normalized spacial score (nSPS) is 19.2. The third kappa shape index (κ3) is 7.25. The van der Waals surface area contributed by atoms with E-state index in [9.17, 15) is 31.1 Å². The van der Waals surface area contributed by atoms with Crippen LogP contribution in [0.25, 0.3) is 0 Å². The van der Waals surface area contributed by atoms with E-state index in [1.807, 2.05) is 13.8 Å². The predicted molar refractivity (Wildman–Crippen MR) is 113 cm³/mol. The summed E-state index contributed by atoms with van der Waals surface area (Å²) < 4.78 is 84.6. The quantitative estimate of drug-likeness (QED) is 0.283. The molecule has 1 unspecified atom stereocenters. The zero-order valence-electron chi connectivity index (χ0n) is 19.1. The summed E-state index contributed by atoms with van der Waals surface area (Å²) in [4.78, 5) is 14.4. The molecule has 1 saturated heterocycles. The molecule has 1 atom stereocenters. The molecular weight excluding hydrogens is 589 g/mol. The van der Waals surface area contributed by atoms with Crippen LogP contribution in [0.2, 0.25) is 0 Å². The molecule has 1 radical (unpaired) electrons. The average molecular weight is 614 g/mol. The van der Waals surface area contributed by atoms with Crippen molar-refractivity contribution >= 4 is 6.03 Å². The van der Waals surface area contributed by atoms with E-state index < -0.39 is 35.6 Å². The first-order chi connectivity index (χ1) is 16.1. The van der Waals surface area contributed by atoms with Gasteiger partial charge in [0.1, 0.15) is 5.54 Å². The van der Waals surface area contributed by atoms with Crippen LogP contribution in [0.15, 0.2) is 48.5 Å². The van der Waals surface area contributed by atoms with E-state index in [0.29, 0.717) is 18.7 Å². The van der Waals surface area contributed by atoms with Crippen LogP contribution in [0, 0.1) is 0 Å². The van der Waals surface area contributed by atoms with Gasteiger partial charge in [0, 0.05) is 6.54 Å². The summed E-state index contributed by atoms with van der Waals surface area (Å²) in [6.45, 7) is 4.19. The van der Waals surface area contributed by atoms with E-state index >= 15 is 0 Å². The fraction of sp³-hybridized carbons (Fsp3) is 0.458. The van der Waals surface area contributed by atoms with Gasteiger partial charge < -0.3 is 37.5 Å². The number of carbonyl (C=O) groups excluding carboxylic acids is 1. The summed E-state index contributed by atoms with van der Waals surface area (Å²) in [5.41, 5.74) is -3.33. The van der Waals surface area contributed by atoms with Gasteiger partial charge in [-0.05, 0) is 29.3 Å². The average Bonchev–Trinajstić information content (AvgIpc) is 3.07. The van der Waals surface area contributed by atoms with E-state index in [0.717, 1.165) is 12.0 Å². The molecular formula is C24H25F6IN2O2-. The lowest BCUT2D eigenvalue weighted by Crippen LogP contribution is -3.42. The summed E-state index contributed by atoms with van der Waals surface area (Å²) >= 11 is 2.29. The zero-order valence-corrected chi connectivity index (χ0v) is 21.2. The van der Waals surface area contributed by atoms with Crippen molar-refractivity contribution in [3.8, 4) is 0 Å². The van der Waals surface area contributed by atoms with Gasteiger partial charge in [-0.1, -0.05) is 50.6 Å². The number of amides is 2. The largest absolute Gasteiger partial charge is 0.790 e. The first-order valence-electron chi connectivity index (χ1n) is 10.8. The molecule has 11 heteroatoms. The van der Waals surface area contributed by atoms with Gasteiger partial charge in [0.15, 0.2) is 0 Å². The Kier molecular flexibility index (Phi) is 8.00. The topological polar surface area (TPSA) is 41.6 Å². The predicted octanol–water partition coefficient (Wildman–Crippen LogP) is 2.88. The zero-order chi connectivity index (χ0) is 26.1. The van der Waals surface area contributed by atoms with E-state index in [1.54, 1.807) is 35.2 Å². The number of carbonyl (C=O) groups is 1. The Labute approximate surface area is 213 Å². The number of hydrogen-bond donors (Lipinski definition) is 1. The molecule has 0 aliphatic carbocycles. The first kappa shape index (κ1) is 27.6. The number of halogens is 7. The Morgan fingerprint density at radius 1 is 1.00 bits per heavy atom. The van der Waals surface area contributed by atoms with Crippen LogP contribution in [-0.4, -0.2) is 34.0 Å². The van der Waals surface area contributed by atoms with Crippen LogP contribution in [0.1, 0.15) is 42.5 Å². The monoisotopic (exact) mass is 614 g/mol. The van der Waals surface area contributed by atoms with E-state index in [-0.39, 0.29) is 34.2 Å². The Morgan fingerprint density at radius 2 is 1.57 bits per heavy atom. The Morgan fingerprint density at radius 3 is 2.09 bits per heavy atom. The number of alkyl halides is 7. The lowest BCUT2D eigenvalue weighted by Gasteiger charge is -2.34. The van der Waals surface area contributed by atoms with Crippen LogP contribution >= 0.6 is 0 Å². The third-order valence-electron chi connectivity index (χ3n) is 5.66. The minimum Gasteiger partial charge on any atom is -0.790 e.